The van der Waals surface area contributed by atoms with E-state index < -0.39 is 5.41 Å². The first-order chi connectivity index (χ1) is 13.1. The van der Waals surface area contributed by atoms with Gasteiger partial charge < -0.3 is 19.7 Å². The standard InChI is InChI=1S/C21H28N2O4/c1-26-17-11-14-7-10-23(13-15(14)12-18(17)27-2)20(25)21(8-9-21)19(24)22-16-5-3-4-6-16/h11-12,16H,3-10,13H2,1-2H3,(H,22,24). The van der Waals surface area contributed by atoms with Gasteiger partial charge in [0.15, 0.2) is 11.5 Å². The van der Waals surface area contributed by atoms with Gasteiger partial charge in [0, 0.05) is 19.1 Å². The van der Waals surface area contributed by atoms with Gasteiger partial charge in [-0.25, -0.2) is 0 Å². The number of ether oxygens (including phenoxy) is 2. The number of nitrogens with one attached hydrogen (secondary N) is 1. The lowest BCUT2D eigenvalue weighted by Crippen LogP contribution is -2.48. The van der Waals surface area contributed by atoms with Crippen LogP contribution in [0, 0.1) is 5.41 Å². The van der Waals surface area contributed by atoms with Crippen LogP contribution in [0.1, 0.15) is 49.7 Å². The fourth-order valence-corrected chi connectivity index (χ4v) is 4.42. The van der Waals surface area contributed by atoms with E-state index >= 15 is 0 Å². The number of nitrogens with zero attached hydrogens (tertiary/aromatic N) is 1. The highest BCUT2D eigenvalue weighted by Gasteiger charge is 2.58. The maximum Gasteiger partial charge on any atom is 0.238 e. The zero-order chi connectivity index (χ0) is 19.0. The van der Waals surface area contributed by atoms with Gasteiger partial charge in [0.2, 0.25) is 11.8 Å². The minimum absolute atomic E-state index is 0.0153. The van der Waals surface area contributed by atoms with Crippen LogP contribution in [0.25, 0.3) is 0 Å². The van der Waals surface area contributed by atoms with E-state index in [1.54, 1.807) is 14.2 Å². The molecule has 2 amide bonds. The number of carbonyl (C=O) groups is 2. The summed E-state index contributed by atoms with van der Waals surface area (Å²) in [5.74, 6) is 1.31. The number of hydrogen-bond acceptors (Lipinski definition) is 4. The van der Waals surface area contributed by atoms with Gasteiger partial charge in [0.1, 0.15) is 5.41 Å². The lowest BCUT2D eigenvalue weighted by molar-refractivity contribution is -0.145. The van der Waals surface area contributed by atoms with Gasteiger partial charge in [-0.3, -0.25) is 9.59 Å². The van der Waals surface area contributed by atoms with Crippen LogP contribution in [-0.2, 0) is 22.6 Å². The molecule has 1 N–H and O–H groups in total. The highest BCUT2D eigenvalue weighted by atomic mass is 16.5. The van der Waals surface area contributed by atoms with Crippen molar-refractivity contribution in [3.8, 4) is 11.5 Å². The van der Waals surface area contributed by atoms with Gasteiger partial charge in [-0.2, -0.15) is 0 Å². The maximum absolute atomic E-state index is 13.2. The van der Waals surface area contributed by atoms with Crippen molar-refractivity contribution in [1.29, 1.82) is 0 Å². The van der Waals surface area contributed by atoms with Crippen LogP contribution >= 0.6 is 0 Å². The Balaban J connectivity index is 1.48. The third-order valence-electron chi connectivity index (χ3n) is 6.29. The predicted molar refractivity (Wildman–Crippen MR) is 101 cm³/mol. The Kier molecular flexibility index (Phi) is 4.74. The Bertz CT molecular complexity index is 751. The number of carbonyl (C=O) groups excluding carboxylic acids is 2. The molecule has 1 aromatic rings. The van der Waals surface area contributed by atoms with Crippen LogP contribution in [0.2, 0.25) is 0 Å². The van der Waals surface area contributed by atoms with E-state index in [4.69, 9.17) is 9.47 Å². The van der Waals surface area contributed by atoms with Gasteiger partial charge in [-0.15, -0.1) is 0 Å². The molecule has 6 nitrogen and oxygen atoms in total. The monoisotopic (exact) mass is 372 g/mol. The molecule has 0 atom stereocenters. The summed E-state index contributed by atoms with van der Waals surface area (Å²) in [5, 5.41) is 3.13. The molecule has 2 aliphatic carbocycles. The topological polar surface area (TPSA) is 67.9 Å². The number of amides is 2. The number of fused-ring (bicyclic) bond motifs is 1. The molecule has 3 aliphatic rings. The number of hydrogen-bond donors (Lipinski definition) is 1. The molecule has 0 radical (unpaired) electrons. The van der Waals surface area contributed by atoms with E-state index in [2.05, 4.69) is 5.32 Å². The van der Waals surface area contributed by atoms with E-state index in [9.17, 15) is 9.59 Å². The smallest absolute Gasteiger partial charge is 0.238 e. The van der Waals surface area contributed by atoms with E-state index in [0.717, 1.165) is 24.8 Å². The Morgan fingerprint density at radius 1 is 1.07 bits per heavy atom. The van der Waals surface area contributed by atoms with E-state index in [1.165, 1.54) is 18.4 Å². The van der Waals surface area contributed by atoms with Crippen molar-refractivity contribution in [2.75, 3.05) is 20.8 Å². The van der Waals surface area contributed by atoms with Crippen molar-refractivity contribution >= 4 is 11.8 Å². The second kappa shape index (κ2) is 7.06. The van der Waals surface area contributed by atoms with Crippen molar-refractivity contribution in [2.24, 2.45) is 5.41 Å². The molecule has 0 spiro atoms. The first kappa shape index (κ1) is 18.1. The van der Waals surface area contributed by atoms with E-state index in [1.807, 2.05) is 17.0 Å². The number of rotatable bonds is 5. The Labute approximate surface area is 160 Å². The molecule has 1 aliphatic heterocycles. The van der Waals surface area contributed by atoms with Crippen molar-refractivity contribution in [1.82, 2.24) is 10.2 Å². The molecule has 1 heterocycles. The molecule has 0 bridgehead atoms. The van der Waals surface area contributed by atoms with Crippen molar-refractivity contribution in [2.45, 2.75) is 57.5 Å². The molecule has 1 aromatic carbocycles. The van der Waals surface area contributed by atoms with Crippen LogP contribution in [0.3, 0.4) is 0 Å². The van der Waals surface area contributed by atoms with Gasteiger partial charge in [-0.05, 0) is 55.4 Å². The quantitative estimate of drug-likeness (QED) is 0.806. The SMILES string of the molecule is COc1cc2c(cc1OC)CN(C(=O)C1(C(=O)NC3CCCC3)CC1)CC2. The normalized spacial score (nSPS) is 20.7. The van der Waals surface area contributed by atoms with Crippen LogP contribution in [-0.4, -0.2) is 43.5 Å². The molecule has 27 heavy (non-hydrogen) atoms. The lowest BCUT2D eigenvalue weighted by atomic mass is 9.96. The molecule has 2 saturated carbocycles. The molecular weight excluding hydrogens is 344 g/mol. The Morgan fingerprint density at radius 2 is 1.70 bits per heavy atom. The molecular formula is C21H28N2O4. The lowest BCUT2D eigenvalue weighted by Gasteiger charge is -2.32. The summed E-state index contributed by atoms with van der Waals surface area (Å²) in [6.07, 6.45) is 6.50. The average molecular weight is 372 g/mol. The minimum atomic E-state index is -0.823. The fourth-order valence-electron chi connectivity index (χ4n) is 4.42. The highest BCUT2D eigenvalue weighted by molar-refractivity contribution is 6.08. The zero-order valence-electron chi connectivity index (χ0n) is 16.2. The number of benzene rings is 1. The molecule has 0 aromatic heterocycles. The molecule has 6 heteroatoms. The number of methoxy groups -OCH3 is 2. The summed E-state index contributed by atoms with van der Waals surface area (Å²) in [4.78, 5) is 27.8. The summed E-state index contributed by atoms with van der Waals surface area (Å²) < 4.78 is 10.8. The van der Waals surface area contributed by atoms with Crippen molar-refractivity contribution in [3.05, 3.63) is 23.3 Å². The first-order valence-electron chi connectivity index (χ1n) is 9.91. The molecule has 0 saturated heterocycles. The summed E-state index contributed by atoms with van der Waals surface area (Å²) in [6, 6.07) is 4.20. The van der Waals surface area contributed by atoms with E-state index in [-0.39, 0.29) is 17.9 Å². The highest BCUT2D eigenvalue weighted by Crippen LogP contribution is 2.48. The molecule has 2 fully saturated rings. The first-order valence-corrected chi connectivity index (χ1v) is 9.91. The van der Waals surface area contributed by atoms with Gasteiger partial charge in [0.05, 0.1) is 14.2 Å². The van der Waals surface area contributed by atoms with Crippen molar-refractivity contribution < 1.29 is 19.1 Å². The average Bonchev–Trinajstić information content (AvgIpc) is 3.36. The summed E-state index contributed by atoms with van der Waals surface area (Å²) in [7, 11) is 3.24. The third-order valence-corrected chi connectivity index (χ3v) is 6.29. The Morgan fingerprint density at radius 3 is 2.30 bits per heavy atom. The summed E-state index contributed by atoms with van der Waals surface area (Å²) in [5.41, 5.74) is 1.42. The zero-order valence-corrected chi connectivity index (χ0v) is 16.2. The van der Waals surface area contributed by atoms with Crippen LogP contribution in [0.4, 0.5) is 0 Å². The second-order valence-corrected chi connectivity index (χ2v) is 7.99. The summed E-state index contributed by atoms with van der Waals surface area (Å²) in [6.45, 7) is 1.16. The Hall–Kier alpha value is -2.24. The molecule has 0 unspecified atom stereocenters. The minimum Gasteiger partial charge on any atom is -0.493 e. The molecule has 4 rings (SSSR count). The molecule has 146 valence electrons. The van der Waals surface area contributed by atoms with Crippen LogP contribution < -0.4 is 14.8 Å². The fraction of sp³-hybridized carbons (Fsp3) is 0.619. The van der Waals surface area contributed by atoms with Gasteiger partial charge >= 0.3 is 0 Å². The largest absolute Gasteiger partial charge is 0.493 e. The van der Waals surface area contributed by atoms with Crippen LogP contribution in [0.5, 0.6) is 11.5 Å². The maximum atomic E-state index is 13.2. The third kappa shape index (κ3) is 3.26. The van der Waals surface area contributed by atoms with E-state index in [0.29, 0.717) is 37.4 Å². The second-order valence-electron chi connectivity index (χ2n) is 7.99. The van der Waals surface area contributed by atoms with Gasteiger partial charge in [0.25, 0.3) is 0 Å². The summed E-state index contributed by atoms with van der Waals surface area (Å²) >= 11 is 0. The van der Waals surface area contributed by atoms with Gasteiger partial charge in [-0.1, -0.05) is 12.8 Å². The van der Waals surface area contributed by atoms with Crippen molar-refractivity contribution in [3.63, 3.8) is 0 Å². The van der Waals surface area contributed by atoms with Crippen LogP contribution in [0.15, 0.2) is 12.1 Å². The predicted octanol–water partition coefficient (Wildman–Crippen LogP) is 2.43.